The Labute approximate surface area is 184 Å². The SMILES string of the molecule is CCc1nn(CCN2CCC(F)(F)CC2)c(N)c1C(=O)OCC(=O)c1ccccc1Cl. The van der Waals surface area contributed by atoms with Crippen molar-refractivity contribution in [2.45, 2.75) is 38.7 Å². The molecule has 0 atom stereocenters. The van der Waals surface area contributed by atoms with Crippen LogP contribution in [-0.4, -0.2) is 58.6 Å². The minimum atomic E-state index is -2.60. The van der Waals surface area contributed by atoms with Crippen molar-refractivity contribution in [2.24, 2.45) is 0 Å². The van der Waals surface area contributed by atoms with Crippen molar-refractivity contribution in [3.8, 4) is 0 Å². The number of anilines is 1. The summed E-state index contributed by atoms with van der Waals surface area (Å²) in [6, 6.07) is 6.50. The predicted octanol–water partition coefficient (Wildman–Crippen LogP) is 3.45. The number of likely N-dealkylation sites (tertiary alicyclic amines) is 1. The quantitative estimate of drug-likeness (QED) is 0.485. The second kappa shape index (κ2) is 9.74. The molecule has 1 aromatic heterocycles. The number of ketones is 1. The Morgan fingerprint density at radius 3 is 2.55 bits per heavy atom. The van der Waals surface area contributed by atoms with Crippen LogP contribution in [0.2, 0.25) is 5.02 Å². The van der Waals surface area contributed by atoms with Crippen LogP contribution in [0.5, 0.6) is 0 Å². The van der Waals surface area contributed by atoms with E-state index >= 15 is 0 Å². The van der Waals surface area contributed by atoms with Crippen molar-refractivity contribution in [2.75, 3.05) is 32.0 Å². The number of aromatic nitrogens is 2. The van der Waals surface area contributed by atoms with E-state index in [-0.39, 0.29) is 34.8 Å². The molecule has 0 aliphatic carbocycles. The second-order valence-corrected chi connectivity index (χ2v) is 7.87. The third-order valence-electron chi connectivity index (χ3n) is 5.33. The molecular formula is C21H25ClF2N4O3. The summed E-state index contributed by atoms with van der Waals surface area (Å²) in [5, 5.41) is 4.65. The highest BCUT2D eigenvalue weighted by atomic mass is 35.5. The molecule has 0 bridgehead atoms. The van der Waals surface area contributed by atoms with Gasteiger partial charge in [0.15, 0.2) is 6.61 Å². The highest BCUT2D eigenvalue weighted by molar-refractivity contribution is 6.34. The third-order valence-corrected chi connectivity index (χ3v) is 5.66. The number of rotatable bonds is 8. The smallest absolute Gasteiger partial charge is 0.344 e. The zero-order valence-corrected chi connectivity index (χ0v) is 18.0. The Morgan fingerprint density at radius 1 is 1.23 bits per heavy atom. The lowest BCUT2D eigenvalue weighted by molar-refractivity contribution is -0.0555. The van der Waals surface area contributed by atoms with Crippen LogP contribution in [0.3, 0.4) is 0 Å². The summed E-state index contributed by atoms with van der Waals surface area (Å²) in [5.41, 5.74) is 6.98. The van der Waals surface area contributed by atoms with Gasteiger partial charge in [0.1, 0.15) is 11.4 Å². The van der Waals surface area contributed by atoms with Crippen LogP contribution >= 0.6 is 11.6 Å². The fourth-order valence-corrected chi connectivity index (χ4v) is 3.72. The number of hydrogen-bond donors (Lipinski definition) is 1. The first-order valence-electron chi connectivity index (χ1n) is 10.1. The van der Waals surface area contributed by atoms with Crippen LogP contribution in [0.1, 0.15) is 46.2 Å². The zero-order valence-electron chi connectivity index (χ0n) is 17.2. The van der Waals surface area contributed by atoms with E-state index in [0.29, 0.717) is 38.3 Å². The molecular weight excluding hydrogens is 430 g/mol. The first kappa shape index (κ1) is 23.1. The number of nitrogen functional groups attached to an aromatic ring is 1. The number of ether oxygens (including phenoxy) is 1. The van der Waals surface area contributed by atoms with Crippen LogP contribution in [0, 0.1) is 0 Å². The molecule has 1 aliphatic heterocycles. The van der Waals surface area contributed by atoms with Gasteiger partial charge in [-0.15, -0.1) is 0 Å². The van der Waals surface area contributed by atoms with E-state index in [0.717, 1.165) is 0 Å². The van der Waals surface area contributed by atoms with Gasteiger partial charge in [-0.25, -0.2) is 18.3 Å². The van der Waals surface area contributed by atoms with E-state index in [1.165, 1.54) is 4.68 Å². The molecule has 1 fully saturated rings. The fraction of sp³-hybridized carbons (Fsp3) is 0.476. The highest BCUT2D eigenvalue weighted by Gasteiger charge is 2.34. The number of carbonyl (C=O) groups is 2. The molecule has 0 radical (unpaired) electrons. The van der Waals surface area contributed by atoms with Crippen LogP contribution in [0.15, 0.2) is 24.3 Å². The molecule has 0 unspecified atom stereocenters. The van der Waals surface area contributed by atoms with Gasteiger partial charge in [0.2, 0.25) is 5.78 Å². The summed E-state index contributed by atoms with van der Waals surface area (Å²) in [5.74, 6) is -3.63. The topological polar surface area (TPSA) is 90.5 Å². The maximum Gasteiger partial charge on any atom is 0.344 e. The van der Waals surface area contributed by atoms with Gasteiger partial charge < -0.3 is 15.4 Å². The molecule has 31 heavy (non-hydrogen) atoms. The van der Waals surface area contributed by atoms with Crippen molar-refractivity contribution in [3.63, 3.8) is 0 Å². The van der Waals surface area contributed by atoms with Gasteiger partial charge in [-0.05, 0) is 18.6 Å². The number of benzene rings is 1. The summed E-state index contributed by atoms with van der Waals surface area (Å²) in [6.45, 7) is 2.80. The van der Waals surface area contributed by atoms with Gasteiger partial charge in [-0.1, -0.05) is 30.7 Å². The maximum atomic E-state index is 13.3. The fourth-order valence-electron chi connectivity index (χ4n) is 3.48. The Kier molecular flexibility index (Phi) is 7.27. The van der Waals surface area contributed by atoms with Crippen molar-refractivity contribution in [1.29, 1.82) is 0 Å². The largest absolute Gasteiger partial charge is 0.454 e. The molecule has 0 saturated carbocycles. The molecule has 2 heterocycles. The van der Waals surface area contributed by atoms with Crippen molar-refractivity contribution < 1.29 is 23.1 Å². The molecule has 10 heteroatoms. The lowest BCUT2D eigenvalue weighted by atomic mass is 10.1. The molecule has 1 saturated heterocycles. The van der Waals surface area contributed by atoms with E-state index < -0.39 is 24.3 Å². The first-order valence-corrected chi connectivity index (χ1v) is 10.5. The highest BCUT2D eigenvalue weighted by Crippen LogP contribution is 2.27. The number of esters is 1. The monoisotopic (exact) mass is 454 g/mol. The molecule has 3 rings (SSSR count). The van der Waals surface area contributed by atoms with Crippen molar-refractivity contribution in [1.82, 2.24) is 14.7 Å². The predicted molar refractivity (Wildman–Crippen MR) is 113 cm³/mol. The third kappa shape index (κ3) is 5.59. The first-order chi connectivity index (χ1) is 14.7. The molecule has 7 nitrogen and oxygen atoms in total. The summed E-state index contributed by atoms with van der Waals surface area (Å²) in [4.78, 5) is 26.8. The summed E-state index contributed by atoms with van der Waals surface area (Å²) >= 11 is 6.00. The Bertz CT molecular complexity index is 954. The number of carbonyl (C=O) groups excluding carboxylic acids is 2. The van der Waals surface area contributed by atoms with Gasteiger partial charge >= 0.3 is 5.97 Å². The second-order valence-electron chi connectivity index (χ2n) is 7.46. The van der Waals surface area contributed by atoms with Crippen LogP contribution in [0.25, 0.3) is 0 Å². The molecule has 0 amide bonds. The van der Waals surface area contributed by atoms with Gasteiger partial charge in [-0.3, -0.25) is 4.79 Å². The zero-order chi connectivity index (χ0) is 22.6. The number of aryl methyl sites for hydroxylation is 1. The number of nitrogens with zero attached hydrogens (tertiary/aromatic N) is 3. The number of nitrogens with two attached hydrogens (primary N) is 1. The van der Waals surface area contributed by atoms with E-state index in [9.17, 15) is 18.4 Å². The number of piperidine rings is 1. The maximum absolute atomic E-state index is 13.3. The average Bonchev–Trinajstić information content (AvgIpc) is 3.07. The Balaban J connectivity index is 1.63. The summed E-state index contributed by atoms with van der Waals surface area (Å²) in [6.07, 6.45) is 0.105. The lowest BCUT2D eigenvalue weighted by Crippen LogP contribution is -2.40. The number of hydrogen-bond acceptors (Lipinski definition) is 6. The van der Waals surface area contributed by atoms with E-state index in [4.69, 9.17) is 22.1 Å². The molecule has 2 aromatic rings. The van der Waals surface area contributed by atoms with Gasteiger partial charge in [0.25, 0.3) is 5.92 Å². The molecule has 168 valence electrons. The normalized spacial score (nSPS) is 16.3. The number of alkyl halides is 2. The Morgan fingerprint density at radius 2 is 1.90 bits per heavy atom. The van der Waals surface area contributed by atoms with Gasteiger partial charge in [0, 0.05) is 38.0 Å². The van der Waals surface area contributed by atoms with Gasteiger partial charge in [-0.2, -0.15) is 5.10 Å². The molecule has 0 spiro atoms. The van der Waals surface area contributed by atoms with Crippen molar-refractivity contribution >= 4 is 29.2 Å². The van der Waals surface area contributed by atoms with Crippen LogP contribution < -0.4 is 5.73 Å². The van der Waals surface area contributed by atoms with E-state index in [2.05, 4.69) is 5.10 Å². The van der Waals surface area contributed by atoms with Gasteiger partial charge in [0.05, 0.1) is 17.3 Å². The number of Topliss-reactive ketones (excluding diaryl/α,β-unsaturated/α-hetero) is 1. The van der Waals surface area contributed by atoms with Crippen LogP contribution in [0.4, 0.5) is 14.6 Å². The summed E-state index contributed by atoms with van der Waals surface area (Å²) in [7, 11) is 0. The molecule has 2 N–H and O–H groups in total. The average molecular weight is 455 g/mol. The summed E-state index contributed by atoms with van der Waals surface area (Å²) < 4.78 is 33.3. The minimum Gasteiger partial charge on any atom is -0.454 e. The van der Waals surface area contributed by atoms with E-state index in [1.54, 1.807) is 24.3 Å². The minimum absolute atomic E-state index is 0.125. The molecule has 1 aromatic carbocycles. The van der Waals surface area contributed by atoms with E-state index in [1.807, 2.05) is 11.8 Å². The van der Waals surface area contributed by atoms with Crippen molar-refractivity contribution in [3.05, 3.63) is 46.1 Å². The number of halogens is 3. The molecule has 1 aliphatic rings. The standard InChI is InChI=1S/C21H25ClF2N4O3/c1-2-16-18(20(30)31-13-17(29)14-5-3-4-6-15(14)22)19(25)28(26-16)12-11-27-9-7-21(23,24)8-10-27/h3-6H,2,7-13,25H2,1H3. The Hall–Kier alpha value is -2.52. The lowest BCUT2D eigenvalue weighted by Gasteiger charge is -2.31. The van der Waals surface area contributed by atoms with Crippen LogP contribution in [-0.2, 0) is 17.7 Å².